The molecule has 19 heavy (non-hydrogen) atoms. The molecule has 3 nitrogen and oxygen atoms in total. The normalized spacial score (nSPS) is 17.5. The molecule has 0 spiro atoms. The molecule has 0 bridgehead atoms. The third kappa shape index (κ3) is 2.30. The molecule has 0 saturated heterocycles. The highest BCUT2D eigenvalue weighted by Gasteiger charge is 2.37. The maximum atomic E-state index is 6.34. The number of methoxy groups -OCH3 is 2. The lowest BCUT2D eigenvalue weighted by Gasteiger charge is -2.31. The largest absolute Gasteiger partial charge is 0.493 e. The SMILES string of the molecule is COc1c(Cl)cc(C2(CN)CCCC2)c(C)c1OC. The molecule has 0 aromatic heterocycles. The van der Waals surface area contributed by atoms with Crippen molar-refractivity contribution in [2.75, 3.05) is 20.8 Å². The van der Waals surface area contributed by atoms with Gasteiger partial charge in [-0.1, -0.05) is 24.4 Å². The molecule has 2 N–H and O–H groups in total. The molecule has 1 fully saturated rings. The topological polar surface area (TPSA) is 44.5 Å². The number of benzene rings is 1. The van der Waals surface area contributed by atoms with Gasteiger partial charge in [0.15, 0.2) is 11.5 Å². The van der Waals surface area contributed by atoms with Gasteiger partial charge in [0.25, 0.3) is 0 Å². The smallest absolute Gasteiger partial charge is 0.179 e. The molecule has 0 atom stereocenters. The highest BCUT2D eigenvalue weighted by atomic mass is 35.5. The first kappa shape index (κ1) is 14.5. The summed E-state index contributed by atoms with van der Waals surface area (Å²) in [6.07, 6.45) is 4.69. The van der Waals surface area contributed by atoms with Crippen LogP contribution in [-0.4, -0.2) is 20.8 Å². The summed E-state index contributed by atoms with van der Waals surface area (Å²) in [7, 11) is 3.26. The molecule has 1 aliphatic rings. The van der Waals surface area contributed by atoms with Gasteiger partial charge in [-0.05, 0) is 37.0 Å². The van der Waals surface area contributed by atoms with E-state index in [0.717, 1.165) is 24.2 Å². The van der Waals surface area contributed by atoms with Crippen molar-refractivity contribution in [3.8, 4) is 11.5 Å². The van der Waals surface area contributed by atoms with Gasteiger partial charge in [0.1, 0.15) is 0 Å². The molecule has 0 aliphatic heterocycles. The zero-order chi connectivity index (χ0) is 14.0. The zero-order valence-corrected chi connectivity index (χ0v) is 12.6. The monoisotopic (exact) mass is 283 g/mol. The third-order valence-electron chi connectivity index (χ3n) is 4.37. The highest BCUT2D eigenvalue weighted by molar-refractivity contribution is 6.32. The Morgan fingerprint density at radius 2 is 1.79 bits per heavy atom. The van der Waals surface area contributed by atoms with Gasteiger partial charge < -0.3 is 15.2 Å². The molecule has 106 valence electrons. The Kier molecular flexibility index (Phi) is 4.26. The Balaban J connectivity index is 2.61. The van der Waals surface area contributed by atoms with Crippen molar-refractivity contribution in [3.63, 3.8) is 0 Å². The Bertz CT molecular complexity index is 468. The van der Waals surface area contributed by atoms with Gasteiger partial charge in [0, 0.05) is 12.0 Å². The lowest BCUT2D eigenvalue weighted by Crippen LogP contribution is -2.33. The van der Waals surface area contributed by atoms with Gasteiger partial charge in [-0.25, -0.2) is 0 Å². The molecule has 1 aliphatic carbocycles. The van der Waals surface area contributed by atoms with Gasteiger partial charge in [-0.15, -0.1) is 0 Å². The second kappa shape index (κ2) is 5.59. The lowest BCUT2D eigenvalue weighted by molar-refractivity contribution is 0.349. The number of halogens is 1. The van der Waals surface area contributed by atoms with E-state index in [1.165, 1.54) is 18.4 Å². The van der Waals surface area contributed by atoms with Crippen molar-refractivity contribution in [2.24, 2.45) is 5.73 Å². The van der Waals surface area contributed by atoms with E-state index in [9.17, 15) is 0 Å². The third-order valence-corrected chi connectivity index (χ3v) is 4.65. The Hall–Kier alpha value is -0.930. The minimum atomic E-state index is 0.0489. The molecule has 0 unspecified atom stereocenters. The van der Waals surface area contributed by atoms with Crippen LogP contribution in [0.5, 0.6) is 11.5 Å². The number of ether oxygens (including phenoxy) is 2. The summed E-state index contributed by atoms with van der Waals surface area (Å²) in [5, 5.41) is 0.597. The first-order valence-electron chi connectivity index (χ1n) is 6.71. The summed E-state index contributed by atoms with van der Waals surface area (Å²) < 4.78 is 10.8. The zero-order valence-electron chi connectivity index (χ0n) is 11.9. The highest BCUT2D eigenvalue weighted by Crippen LogP contribution is 2.48. The summed E-state index contributed by atoms with van der Waals surface area (Å²) in [6, 6.07) is 2.01. The fourth-order valence-electron chi connectivity index (χ4n) is 3.32. The summed E-state index contributed by atoms with van der Waals surface area (Å²) in [5.74, 6) is 1.33. The van der Waals surface area contributed by atoms with Gasteiger partial charge in [-0.3, -0.25) is 0 Å². The average Bonchev–Trinajstić information content (AvgIpc) is 2.90. The van der Waals surface area contributed by atoms with E-state index < -0.39 is 0 Å². The van der Waals surface area contributed by atoms with Crippen molar-refractivity contribution in [1.29, 1.82) is 0 Å². The first-order chi connectivity index (χ1) is 9.09. The molecular formula is C15H22ClNO2. The fourth-order valence-corrected chi connectivity index (χ4v) is 3.60. The van der Waals surface area contributed by atoms with Crippen LogP contribution in [0.15, 0.2) is 6.07 Å². The molecule has 2 rings (SSSR count). The van der Waals surface area contributed by atoms with Crippen LogP contribution in [-0.2, 0) is 5.41 Å². The van der Waals surface area contributed by atoms with Gasteiger partial charge >= 0.3 is 0 Å². The summed E-state index contributed by atoms with van der Waals surface area (Å²) in [6.45, 7) is 2.71. The molecule has 0 radical (unpaired) electrons. The van der Waals surface area contributed by atoms with Crippen LogP contribution in [0.2, 0.25) is 5.02 Å². The molecular weight excluding hydrogens is 262 g/mol. The maximum absolute atomic E-state index is 6.34. The Morgan fingerprint density at radius 1 is 1.21 bits per heavy atom. The Labute approximate surface area is 120 Å². The lowest BCUT2D eigenvalue weighted by atomic mass is 9.76. The predicted octanol–water partition coefficient (Wildman–Crippen LogP) is 3.44. The number of nitrogens with two attached hydrogens (primary N) is 1. The molecule has 1 aromatic carbocycles. The van der Waals surface area contributed by atoms with E-state index in [-0.39, 0.29) is 5.41 Å². The van der Waals surface area contributed by atoms with E-state index in [0.29, 0.717) is 17.3 Å². The van der Waals surface area contributed by atoms with Crippen LogP contribution >= 0.6 is 11.6 Å². The maximum Gasteiger partial charge on any atom is 0.179 e. The molecule has 1 aromatic rings. The summed E-state index contributed by atoms with van der Waals surface area (Å²) >= 11 is 6.34. The van der Waals surface area contributed by atoms with E-state index in [4.69, 9.17) is 26.8 Å². The Morgan fingerprint density at radius 3 is 2.26 bits per heavy atom. The van der Waals surface area contributed by atoms with Crippen molar-refractivity contribution in [1.82, 2.24) is 0 Å². The van der Waals surface area contributed by atoms with Crippen molar-refractivity contribution < 1.29 is 9.47 Å². The minimum absolute atomic E-state index is 0.0489. The van der Waals surface area contributed by atoms with Gasteiger partial charge in [0.05, 0.1) is 19.2 Å². The van der Waals surface area contributed by atoms with Gasteiger partial charge in [-0.2, -0.15) is 0 Å². The van der Waals surface area contributed by atoms with E-state index in [1.54, 1.807) is 14.2 Å². The average molecular weight is 284 g/mol. The number of hydrogen-bond donors (Lipinski definition) is 1. The molecule has 0 heterocycles. The summed E-state index contributed by atoms with van der Waals surface area (Å²) in [5.41, 5.74) is 8.43. The molecule has 0 amide bonds. The number of rotatable bonds is 4. The quantitative estimate of drug-likeness (QED) is 0.921. The molecule has 1 saturated carbocycles. The van der Waals surface area contributed by atoms with Crippen LogP contribution in [0.4, 0.5) is 0 Å². The fraction of sp³-hybridized carbons (Fsp3) is 0.600. The van der Waals surface area contributed by atoms with E-state index in [2.05, 4.69) is 6.92 Å². The van der Waals surface area contributed by atoms with Crippen LogP contribution in [0.1, 0.15) is 36.8 Å². The van der Waals surface area contributed by atoms with E-state index in [1.807, 2.05) is 6.07 Å². The first-order valence-corrected chi connectivity index (χ1v) is 7.09. The van der Waals surface area contributed by atoms with Crippen LogP contribution < -0.4 is 15.2 Å². The van der Waals surface area contributed by atoms with Crippen LogP contribution in [0.25, 0.3) is 0 Å². The minimum Gasteiger partial charge on any atom is -0.493 e. The second-order valence-corrected chi connectivity index (χ2v) is 5.70. The van der Waals surface area contributed by atoms with Crippen LogP contribution in [0.3, 0.4) is 0 Å². The second-order valence-electron chi connectivity index (χ2n) is 5.29. The van der Waals surface area contributed by atoms with Crippen molar-refractivity contribution >= 4 is 11.6 Å². The van der Waals surface area contributed by atoms with Crippen LogP contribution in [0, 0.1) is 6.92 Å². The standard InChI is InChI=1S/C15H22ClNO2/c1-10-11(15(9-17)6-4-5-7-15)8-12(16)14(19-3)13(10)18-2/h8H,4-7,9,17H2,1-3H3. The predicted molar refractivity (Wildman–Crippen MR) is 78.5 cm³/mol. The molecule has 4 heteroatoms. The van der Waals surface area contributed by atoms with Crippen molar-refractivity contribution in [3.05, 3.63) is 22.2 Å². The van der Waals surface area contributed by atoms with Gasteiger partial charge in [0.2, 0.25) is 0 Å². The van der Waals surface area contributed by atoms with E-state index >= 15 is 0 Å². The summed E-state index contributed by atoms with van der Waals surface area (Å²) in [4.78, 5) is 0. The van der Waals surface area contributed by atoms with Crippen molar-refractivity contribution in [2.45, 2.75) is 38.0 Å². The number of hydrogen-bond acceptors (Lipinski definition) is 3.